The van der Waals surface area contributed by atoms with Crippen LogP contribution in [0, 0.1) is 6.92 Å². The second-order valence-corrected chi connectivity index (χ2v) is 7.42. The standard InChI is InChI=1S/C24H22N2O5/c1-14-7-12-20(30-14)18-13-19-17-5-4-6-21(28-2)22(17)31-23(26(19)25-18)15-8-10-16(11-9-15)24(27)29-3/h4-13,19,23,25H,1-3H3. The molecule has 0 saturated carbocycles. The number of ether oxygens (including phenoxy) is 3. The van der Waals surface area contributed by atoms with E-state index in [-0.39, 0.29) is 12.0 Å². The van der Waals surface area contributed by atoms with Crippen molar-refractivity contribution in [2.24, 2.45) is 0 Å². The number of hydrogen-bond donors (Lipinski definition) is 1. The Morgan fingerprint density at radius 1 is 1.06 bits per heavy atom. The van der Waals surface area contributed by atoms with Crippen LogP contribution in [-0.2, 0) is 4.74 Å². The van der Waals surface area contributed by atoms with Crippen LogP contribution in [0.5, 0.6) is 11.5 Å². The van der Waals surface area contributed by atoms with Crippen molar-refractivity contribution < 1.29 is 23.4 Å². The molecule has 2 atom stereocenters. The zero-order chi connectivity index (χ0) is 21.5. The van der Waals surface area contributed by atoms with E-state index in [1.54, 1.807) is 19.2 Å². The van der Waals surface area contributed by atoms with Gasteiger partial charge in [-0.05, 0) is 43.3 Å². The van der Waals surface area contributed by atoms with E-state index in [1.807, 2.05) is 54.4 Å². The molecular weight excluding hydrogens is 396 g/mol. The monoisotopic (exact) mass is 418 g/mol. The number of fused-ring (bicyclic) bond motifs is 3. The van der Waals surface area contributed by atoms with Crippen molar-refractivity contribution in [2.75, 3.05) is 14.2 Å². The van der Waals surface area contributed by atoms with Crippen molar-refractivity contribution in [2.45, 2.75) is 19.2 Å². The highest BCUT2D eigenvalue weighted by Crippen LogP contribution is 2.49. The molecule has 0 bridgehead atoms. The Hall–Kier alpha value is -3.71. The topological polar surface area (TPSA) is 73.2 Å². The van der Waals surface area contributed by atoms with E-state index in [1.165, 1.54) is 7.11 Å². The number of rotatable bonds is 4. The fourth-order valence-corrected chi connectivity index (χ4v) is 4.00. The lowest BCUT2D eigenvalue weighted by atomic mass is 10.0. The highest BCUT2D eigenvalue weighted by atomic mass is 16.5. The lowest BCUT2D eigenvalue weighted by molar-refractivity contribution is -0.0344. The minimum Gasteiger partial charge on any atom is -0.493 e. The Morgan fingerprint density at radius 3 is 2.55 bits per heavy atom. The molecule has 2 aliphatic heterocycles. The number of para-hydroxylation sites is 1. The number of furan rings is 1. The summed E-state index contributed by atoms with van der Waals surface area (Å²) >= 11 is 0. The molecule has 3 aromatic rings. The Labute approximate surface area is 179 Å². The fraction of sp³-hybridized carbons (Fsp3) is 0.208. The van der Waals surface area contributed by atoms with Crippen LogP contribution in [0.4, 0.5) is 0 Å². The molecule has 158 valence electrons. The molecule has 0 radical (unpaired) electrons. The predicted octanol–water partition coefficient (Wildman–Crippen LogP) is 4.38. The van der Waals surface area contributed by atoms with Crippen LogP contribution in [0.15, 0.2) is 65.1 Å². The predicted molar refractivity (Wildman–Crippen MR) is 113 cm³/mol. The molecule has 0 aliphatic carbocycles. The molecule has 0 saturated heterocycles. The van der Waals surface area contributed by atoms with E-state index in [0.717, 1.165) is 28.3 Å². The maximum absolute atomic E-state index is 11.8. The first-order chi connectivity index (χ1) is 15.1. The number of nitrogens with zero attached hydrogens (tertiary/aromatic N) is 1. The van der Waals surface area contributed by atoms with Gasteiger partial charge in [0, 0.05) is 11.1 Å². The van der Waals surface area contributed by atoms with Crippen LogP contribution in [0.1, 0.15) is 45.3 Å². The Bertz CT molecular complexity index is 1160. The maximum atomic E-state index is 11.8. The van der Waals surface area contributed by atoms with E-state index >= 15 is 0 Å². The van der Waals surface area contributed by atoms with Gasteiger partial charge in [-0.1, -0.05) is 24.3 Å². The smallest absolute Gasteiger partial charge is 0.337 e. The van der Waals surface area contributed by atoms with Gasteiger partial charge in [0.2, 0.25) is 0 Å². The number of nitrogens with one attached hydrogen (secondary N) is 1. The molecule has 1 N–H and O–H groups in total. The molecule has 5 rings (SSSR count). The van der Waals surface area contributed by atoms with Crippen LogP contribution in [0.3, 0.4) is 0 Å². The molecular formula is C24H22N2O5. The van der Waals surface area contributed by atoms with E-state index in [4.69, 9.17) is 18.6 Å². The fourth-order valence-electron chi connectivity index (χ4n) is 4.00. The average Bonchev–Trinajstić information content (AvgIpc) is 3.44. The molecule has 3 heterocycles. The van der Waals surface area contributed by atoms with Gasteiger partial charge in [0.05, 0.1) is 31.5 Å². The molecule has 7 heteroatoms. The van der Waals surface area contributed by atoms with Crippen LogP contribution >= 0.6 is 0 Å². The van der Waals surface area contributed by atoms with Crippen molar-refractivity contribution >= 4 is 11.7 Å². The van der Waals surface area contributed by atoms with Gasteiger partial charge in [-0.25, -0.2) is 4.79 Å². The van der Waals surface area contributed by atoms with Crippen LogP contribution < -0.4 is 14.9 Å². The van der Waals surface area contributed by atoms with Crippen molar-refractivity contribution in [3.8, 4) is 11.5 Å². The quantitative estimate of drug-likeness (QED) is 0.631. The molecule has 0 spiro atoms. The van der Waals surface area contributed by atoms with Gasteiger partial charge in [0.1, 0.15) is 5.76 Å². The number of carbonyl (C=O) groups is 1. The van der Waals surface area contributed by atoms with E-state index in [9.17, 15) is 4.79 Å². The van der Waals surface area contributed by atoms with Gasteiger partial charge >= 0.3 is 5.97 Å². The summed E-state index contributed by atoms with van der Waals surface area (Å²) in [5.74, 6) is 2.59. The van der Waals surface area contributed by atoms with Crippen LogP contribution in [-0.4, -0.2) is 25.2 Å². The second kappa shape index (κ2) is 7.52. The number of methoxy groups -OCH3 is 2. The number of hydrogen-bond acceptors (Lipinski definition) is 7. The van der Waals surface area contributed by atoms with Crippen molar-refractivity contribution in [1.82, 2.24) is 10.4 Å². The third kappa shape index (κ3) is 3.23. The molecule has 2 aromatic carbocycles. The number of carbonyl (C=O) groups excluding carboxylic acids is 1. The minimum absolute atomic E-state index is 0.0930. The summed E-state index contributed by atoms with van der Waals surface area (Å²) in [6.07, 6.45) is 1.67. The van der Waals surface area contributed by atoms with Gasteiger partial charge in [0.25, 0.3) is 0 Å². The summed E-state index contributed by atoms with van der Waals surface area (Å²) in [6.45, 7) is 1.92. The lowest BCUT2D eigenvalue weighted by Crippen LogP contribution is -2.43. The summed E-state index contributed by atoms with van der Waals surface area (Å²) in [7, 11) is 3.00. The molecule has 0 fully saturated rings. The van der Waals surface area contributed by atoms with Gasteiger partial charge in [-0.3, -0.25) is 0 Å². The van der Waals surface area contributed by atoms with Crippen molar-refractivity contribution in [3.05, 3.63) is 88.9 Å². The summed E-state index contributed by atoms with van der Waals surface area (Å²) in [5, 5.41) is 2.03. The Morgan fingerprint density at radius 2 is 1.87 bits per heavy atom. The molecule has 0 amide bonds. The first-order valence-corrected chi connectivity index (χ1v) is 9.94. The maximum Gasteiger partial charge on any atom is 0.337 e. The first kappa shape index (κ1) is 19.3. The number of benzene rings is 2. The highest BCUT2D eigenvalue weighted by Gasteiger charge is 2.41. The van der Waals surface area contributed by atoms with Crippen molar-refractivity contribution in [3.63, 3.8) is 0 Å². The van der Waals surface area contributed by atoms with E-state index < -0.39 is 6.23 Å². The zero-order valence-corrected chi connectivity index (χ0v) is 17.4. The normalized spacial score (nSPS) is 19.5. The molecule has 1 aromatic heterocycles. The Balaban J connectivity index is 1.57. The molecule has 2 aliphatic rings. The van der Waals surface area contributed by atoms with Gasteiger partial charge in [0.15, 0.2) is 23.5 Å². The summed E-state index contributed by atoms with van der Waals surface area (Å²) in [5.41, 5.74) is 6.67. The molecule has 7 nitrogen and oxygen atoms in total. The Kier molecular flexibility index (Phi) is 4.67. The largest absolute Gasteiger partial charge is 0.493 e. The zero-order valence-electron chi connectivity index (χ0n) is 17.4. The van der Waals surface area contributed by atoms with Gasteiger partial charge in [-0.2, -0.15) is 5.01 Å². The molecule has 2 unspecified atom stereocenters. The summed E-state index contributed by atoms with van der Waals surface area (Å²) in [4.78, 5) is 11.8. The van der Waals surface area contributed by atoms with Crippen LogP contribution in [0.2, 0.25) is 0 Å². The first-order valence-electron chi connectivity index (χ1n) is 9.94. The summed E-state index contributed by atoms with van der Waals surface area (Å²) < 4.78 is 22.6. The van der Waals surface area contributed by atoms with E-state index in [0.29, 0.717) is 17.1 Å². The van der Waals surface area contributed by atoms with Crippen molar-refractivity contribution in [1.29, 1.82) is 0 Å². The number of hydrazine groups is 1. The third-order valence-electron chi connectivity index (χ3n) is 5.53. The summed E-state index contributed by atoms with van der Waals surface area (Å²) in [6, 6.07) is 16.9. The van der Waals surface area contributed by atoms with E-state index in [2.05, 4.69) is 11.5 Å². The SMILES string of the molecule is COC(=O)c1ccc(C2Oc3c(OC)cccc3C3C=C(c4ccc(C)o4)NN32)cc1. The van der Waals surface area contributed by atoms with Gasteiger partial charge in [-0.15, -0.1) is 0 Å². The number of aryl methyl sites for hydroxylation is 1. The second-order valence-electron chi connectivity index (χ2n) is 7.42. The highest BCUT2D eigenvalue weighted by molar-refractivity contribution is 5.89. The number of esters is 1. The molecule has 31 heavy (non-hydrogen) atoms. The van der Waals surface area contributed by atoms with Gasteiger partial charge < -0.3 is 24.1 Å². The average molecular weight is 418 g/mol. The third-order valence-corrected chi connectivity index (χ3v) is 5.53. The van der Waals surface area contributed by atoms with Crippen LogP contribution in [0.25, 0.3) is 5.70 Å². The lowest BCUT2D eigenvalue weighted by Gasteiger charge is -2.39. The minimum atomic E-state index is -0.453.